The molecule has 1 amide bonds. The summed E-state index contributed by atoms with van der Waals surface area (Å²) in [5.74, 6) is -6.54. The van der Waals surface area contributed by atoms with Gasteiger partial charge < -0.3 is 34.1 Å². The standard InChI is InChI=1S/C36H42N2O11/c1-21(2)34(42)49-32(27(19-25-13-9-7-10-14-25)35(43)46-20-26-15-11-8-12-16-26)23(4)48-36(44)29(22(3)47-24(5)39)38-33(41)30-31(40)28(45-6)17-18-37-30/h7-18,21-23,27,29,32,40H,19-20H2,1-6H3,(H,38,41)/t22-,23+,27-,29?,32+/m1/s1. The van der Waals surface area contributed by atoms with E-state index in [-0.39, 0.29) is 18.8 Å². The van der Waals surface area contributed by atoms with Gasteiger partial charge in [0.05, 0.1) is 13.0 Å². The van der Waals surface area contributed by atoms with E-state index in [0.29, 0.717) is 0 Å². The third-order valence-electron chi connectivity index (χ3n) is 7.39. The Bertz CT molecular complexity index is 1580. The van der Waals surface area contributed by atoms with E-state index < -0.39 is 77.4 Å². The van der Waals surface area contributed by atoms with Gasteiger partial charge in [0.2, 0.25) is 0 Å². The molecule has 0 saturated carbocycles. The van der Waals surface area contributed by atoms with Gasteiger partial charge in [-0.15, -0.1) is 0 Å². The van der Waals surface area contributed by atoms with Gasteiger partial charge in [-0.3, -0.25) is 19.2 Å². The number of methoxy groups -OCH3 is 1. The molecule has 0 aliphatic heterocycles. The molecule has 0 fully saturated rings. The summed E-state index contributed by atoms with van der Waals surface area (Å²) in [5.41, 5.74) is 1.000. The second-order valence-electron chi connectivity index (χ2n) is 11.6. The summed E-state index contributed by atoms with van der Waals surface area (Å²) < 4.78 is 27.5. The van der Waals surface area contributed by atoms with Crippen molar-refractivity contribution in [2.75, 3.05) is 7.11 Å². The fourth-order valence-corrected chi connectivity index (χ4v) is 4.81. The second kappa shape index (κ2) is 18.2. The van der Waals surface area contributed by atoms with E-state index in [2.05, 4.69) is 10.3 Å². The molecule has 49 heavy (non-hydrogen) atoms. The topological polar surface area (TPSA) is 177 Å². The zero-order chi connectivity index (χ0) is 36.1. The van der Waals surface area contributed by atoms with E-state index in [1.165, 1.54) is 33.2 Å². The minimum absolute atomic E-state index is 0.0423. The van der Waals surface area contributed by atoms with Crippen LogP contribution in [-0.2, 0) is 51.2 Å². The smallest absolute Gasteiger partial charge is 0.332 e. The summed E-state index contributed by atoms with van der Waals surface area (Å²) in [6, 6.07) is 17.7. The molecule has 5 atom stereocenters. The summed E-state index contributed by atoms with van der Waals surface area (Å²) in [7, 11) is 1.28. The van der Waals surface area contributed by atoms with Crippen molar-refractivity contribution in [1.82, 2.24) is 10.3 Å². The lowest BCUT2D eigenvalue weighted by atomic mass is 9.90. The monoisotopic (exact) mass is 678 g/mol. The number of amides is 1. The maximum atomic E-state index is 13.7. The van der Waals surface area contributed by atoms with Crippen molar-refractivity contribution in [1.29, 1.82) is 0 Å². The number of rotatable bonds is 16. The Hall–Kier alpha value is -5.46. The maximum Gasteiger partial charge on any atom is 0.332 e. The molecule has 1 aromatic heterocycles. The van der Waals surface area contributed by atoms with E-state index in [0.717, 1.165) is 18.1 Å². The summed E-state index contributed by atoms with van der Waals surface area (Å²) in [6.07, 6.45) is -2.60. The molecule has 3 rings (SSSR count). The van der Waals surface area contributed by atoms with Crippen molar-refractivity contribution in [3.63, 3.8) is 0 Å². The minimum atomic E-state index is -1.62. The number of carbonyl (C=O) groups is 5. The number of benzene rings is 2. The number of hydrogen-bond acceptors (Lipinski definition) is 12. The highest BCUT2D eigenvalue weighted by atomic mass is 16.6. The molecule has 0 spiro atoms. The first-order valence-corrected chi connectivity index (χ1v) is 15.7. The molecule has 0 aliphatic rings. The summed E-state index contributed by atoms with van der Waals surface area (Å²) >= 11 is 0. The molecule has 0 saturated heterocycles. The van der Waals surface area contributed by atoms with Crippen LogP contribution in [0.2, 0.25) is 0 Å². The Kier molecular flexibility index (Phi) is 14.1. The summed E-state index contributed by atoms with van der Waals surface area (Å²) in [4.78, 5) is 69.4. The van der Waals surface area contributed by atoms with Crippen LogP contribution in [0, 0.1) is 11.8 Å². The van der Waals surface area contributed by atoms with Crippen molar-refractivity contribution in [2.24, 2.45) is 11.8 Å². The molecule has 3 aromatic rings. The van der Waals surface area contributed by atoms with Crippen LogP contribution in [0.4, 0.5) is 0 Å². The SMILES string of the molecule is COc1ccnc(C(=O)NC(C(=O)O[C@@H](C)[C@H](OC(=O)C(C)C)[C@@H](Cc2ccccc2)C(=O)OCc2ccccc2)[C@@H](C)OC(C)=O)c1O. The van der Waals surface area contributed by atoms with Gasteiger partial charge in [0.25, 0.3) is 5.91 Å². The summed E-state index contributed by atoms with van der Waals surface area (Å²) in [6.45, 7) is 7.09. The van der Waals surface area contributed by atoms with Crippen LogP contribution in [-0.4, -0.2) is 71.3 Å². The number of esters is 4. The van der Waals surface area contributed by atoms with Crippen LogP contribution in [0.5, 0.6) is 11.5 Å². The van der Waals surface area contributed by atoms with Crippen LogP contribution < -0.4 is 10.1 Å². The average Bonchev–Trinajstić information content (AvgIpc) is 3.07. The lowest BCUT2D eigenvalue weighted by Gasteiger charge is -2.32. The van der Waals surface area contributed by atoms with E-state index in [9.17, 15) is 29.1 Å². The molecular weight excluding hydrogens is 636 g/mol. The van der Waals surface area contributed by atoms with Crippen molar-refractivity contribution in [3.05, 3.63) is 89.7 Å². The van der Waals surface area contributed by atoms with Crippen molar-refractivity contribution in [2.45, 2.75) is 72.0 Å². The first kappa shape index (κ1) is 38.0. The van der Waals surface area contributed by atoms with Crippen LogP contribution in [0.3, 0.4) is 0 Å². The number of aromatic nitrogens is 1. The zero-order valence-electron chi connectivity index (χ0n) is 28.3. The van der Waals surface area contributed by atoms with Crippen LogP contribution in [0.15, 0.2) is 72.9 Å². The molecular formula is C36H42N2O11. The van der Waals surface area contributed by atoms with Gasteiger partial charge >= 0.3 is 23.9 Å². The largest absolute Gasteiger partial charge is 0.503 e. The van der Waals surface area contributed by atoms with Crippen molar-refractivity contribution < 1.29 is 52.8 Å². The van der Waals surface area contributed by atoms with Gasteiger partial charge in [0, 0.05) is 19.2 Å². The first-order valence-electron chi connectivity index (χ1n) is 15.7. The number of nitrogens with zero attached hydrogens (tertiary/aromatic N) is 1. The normalized spacial score (nSPS) is 13.9. The van der Waals surface area contributed by atoms with E-state index in [4.69, 9.17) is 23.7 Å². The summed E-state index contributed by atoms with van der Waals surface area (Å²) in [5, 5.41) is 12.8. The molecule has 1 unspecified atom stereocenters. The van der Waals surface area contributed by atoms with Gasteiger partial charge in [0.15, 0.2) is 29.3 Å². The molecule has 0 bridgehead atoms. The predicted molar refractivity (Wildman–Crippen MR) is 175 cm³/mol. The van der Waals surface area contributed by atoms with Gasteiger partial charge in [-0.05, 0) is 31.4 Å². The highest BCUT2D eigenvalue weighted by Crippen LogP contribution is 2.28. The van der Waals surface area contributed by atoms with Gasteiger partial charge in [0.1, 0.15) is 24.7 Å². The van der Waals surface area contributed by atoms with Crippen LogP contribution in [0.1, 0.15) is 56.2 Å². The number of ether oxygens (including phenoxy) is 5. The highest BCUT2D eigenvalue weighted by molar-refractivity contribution is 5.98. The Balaban J connectivity index is 1.95. The molecule has 0 radical (unpaired) electrons. The second-order valence-corrected chi connectivity index (χ2v) is 11.6. The Morgan fingerprint density at radius 1 is 0.776 bits per heavy atom. The van der Waals surface area contributed by atoms with Gasteiger partial charge in [-0.2, -0.15) is 0 Å². The molecule has 2 N–H and O–H groups in total. The van der Waals surface area contributed by atoms with Crippen LogP contribution in [0.25, 0.3) is 0 Å². The zero-order valence-corrected chi connectivity index (χ0v) is 28.3. The number of hydrogen-bond donors (Lipinski definition) is 2. The Morgan fingerprint density at radius 3 is 1.96 bits per heavy atom. The fraction of sp³-hybridized carbons (Fsp3) is 0.389. The Morgan fingerprint density at radius 2 is 1.39 bits per heavy atom. The predicted octanol–water partition coefficient (Wildman–Crippen LogP) is 3.95. The highest BCUT2D eigenvalue weighted by Gasteiger charge is 2.41. The van der Waals surface area contributed by atoms with Crippen molar-refractivity contribution in [3.8, 4) is 11.5 Å². The van der Waals surface area contributed by atoms with Crippen molar-refractivity contribution >= 4 is 29.8 Å². The Labute approximate surface area is 284 Å². The lowest BCUT2D eigenvalue weighted by molar-refractivity contribution is -0.183. The van der Waals surface area contributed by atoms with Gasteiger partial charge in [-0.1, -0.05) is 74.5 Å². The number of carbonyl (C=O) groups excluding carboxylic acids is 5. The average molecular weight is 679 g/mol. The minimum Gasteiger partial charge on any atom is -0.503 e. The molecule has 262 valence electrons. The first-order chi connectivity index (χ1) is 23.3. The van der Waals surface area contributed by atoms with E-state index in [1.54, 1.807) is 62.4 Å². The molecule has 13 nitrogen and oxygen atoms in total. The third kappa shape index (κ3) is 11.1. The quantitative estimate of drug-likeness (QED) is 0.165. The molecule has 0 aliphatic carbocycles. The van der Waals surface area contributed by atoms with E-state index >= 15 is 0 Å². The number of nitrogens with one attached hydrogen (secondary N) is 1. The third-order valence-corrected chi connectivity index (χ3v) is 7.39. The van der Waals surface area contributed by atoms with Crippen LogP contribution >= 0.6 is 0 Å². The fourth-order valence-electron chi connectivity index (χ4n) is 4.81. The van der Waals surface area contributed by atoms with Gasteiger partial charge in [-0.25, -0.2) is 9.78 Å². The maximum absolute atomic E-state index is 13.7. The molecule has 13 heteroatoms. The lowest BCUT2D eigenvalue weighted by Crippen LogP contribution is -2.52. The number of pyridine rings is 1. The van der Waals surface area contributed by atoms with E-state index in [1.807, 2.05) is 12.1 Å². The number of aromatic hydroxyl groups is 1. The molecule has 2 aromatic carbocycles. The molecule has 1 heterocycles.